The fourth-order valence-corrected chi connectivity index (χ4v) is 2.72. The molecule has 0 atom stereocenters. The summed E-state index contributed by atoms with van der Waals surface area (Å²) in [5.41, 5.74) is 1.82. The van der Waals surface area contributed by atoms with E-state index >= 15 is 0 Å². The van der Waals surface area contributed by atoms with Crippen LogP contribution in [0.5, 0.6) is 0 Å². The van der Waals surface area contributed by atoms with Crippen molar-refractivity contribution in [2.24, 2.45) is 0 Å². The lowest BCUT2D eigenvalue weighted by molar-refractivity contribution is 0.0725. The number of nitrogens with zero attached hydrogens (tertiary/aromatic N) is 5. The first-order valence-electron chi connectivity index (χ1n) is 7.83. The molecule has 2 heterocycles. The highest BCUT2D eigenvalue weighted by Crippen LogP contribution is 2.22. The number of hydrogen-bond donors (Lipinski definition) is 1. The van der Waals surface area contributed by atoms with Crippen LogP contribution in [-0.4, -0.2) is 55.6 Å². The molecule has 0 aliphatic heterocycles. The predicted octanol–water partition coefficient (Wildman–Crippen LogP) is 1.58. The number of pyridine rings is 1. The summed E-state index contributed by atoms with van der Waals surface area (Å²) in [6, 6.07) is 7.75. The lowest BCUT2D eigenvalue weighted by atomic mass is 10.1. The number of rotatable bonds is 5. The smallest absolute Gasteiger partial charge is 0.276 e. The number of carbonyl (C=O) groups is 1. The third-order valence-electron chi connectivity index (χ3n) is 4.02. The molecule has 0 fully saturated rings. The van der Waals surface area contributed by atoms with Crippen LogP contribution in [-0.2, 0) is 0 Å². The van der Waals surface area contributed by atoms with Gasteiger partial charge in [0.05, 0.1) is 18.0 Å². The van der Waals surface area contributed by atoms with Crippen molar-refractivity contribution in [3.8, 4) is 5.69 Å². The molecule has 0 aliphatic carbocycles. The van der Waals surface area contributed by atoms with Crippen LogP contribution < -0.4 is 0 Å². The number of aliphatic hydroxyl groups excluding tert-OH is 1. The van der Waals surface area contributed by atoms with Gasteiger partial charge in [0.1, 0.15) is 0 Å². The minimum absolute atomic E-state index is 0.0803. The quantitative estimate of drug-likeness (QED) is 0.770. The highest BCUT2D eigenvalue weighted by atomic mass is 16.3. The maximum Gasteiger partial charge on any atom is 0.276 e. The zero-order valence-electron chi connectivity index (χ0n) is 13.7. The zero-order chi connectivity index (χ0) is 17.1. The minimum Gasteiger partial charge on any atom is -0.395 e. The molecule has 3 aromatic rings. The van der Waals surface area contributed by atoms with Gasteiger partial charge in [0.2, 0.25) is 0 Å². The average molecular weight is 325 g/mol. The largest absolute Gasteiger partial charge is 0.395 e. The Labute approximate surface area is 139 Å². The van der Waals surface area contributed by atoms with E-state index in [2.05, 4.69) is 15.3 Å². The molecule has 0 unspecified atom stereocenters. The van der Waals surface area contributed by atoms with E-state index in [-0.39, 0.29) is 19.1 Å². The van der Waals surface area contributed by atoms with Crippen molar-refractivity contribution >= 4 is 16.7 Å². The molecule has 0 bridgehead atoms. The number of aliphatic hydroxyl groups is 1. The third kappa shape index (κ3) is 2.74. The molecule has 1 amide bonds. The molecule has 7 nitrogen and oxygen atoms in total. The Morgan fingerprint density at radius 1 is 1.33 bits per heavy atom. The molecular formula is C17H19N5O2. The van der Waals surface area contributed by atoms with Crippen LogP contribution in [0.1, 0.15) is 23.1 Å². The Hall–Kier alpha value is -2.80. The predicted molar refractivity (Wildman–Crippen MR) is 90.1 cm³/mol. The second-order valence-electron chi connectivity index (χ2n) is 5.42. The van der Waals surface area contributed by atoms with Crippen molar-refractivity contribution in [2.45, 2.75) is 13.8 Å². The molecule has 0 saturated carbocycles. The van der Waals surface area contributed by atoms with E-state index < -0.39 is 0 Å². The Balaban J connectivity index is 2.05. The maximum atomic E-state index is 12.6. The van der Waals surface area contributed by atoms with Crippen LogP contribution in [0, 0.1) is 6.92 Å². The fraction of sp³-hybridized carbons (Fsp3) is 0.294. The van der Waals surface area contributed by atoms with Gasteiger partial charge in [0.25, 0.3) is 5.91 Å². The van der Waals surface area contributed by atoms with Gasteiger partial charge in [-0.2, -0.15) is 0 Å². The van der Waals surface area contributed by atoms with E-state index in [1.165, 1.54) is 0 Å². The highest BCUT2D eigenvalue weighted by molar-refractivity contribution is 5.94. The van der Waals surface area contributed by atoms with Gasteiger partial charge in [0.15, 0.2) is 5.69 Å². The first-order chi connectivity index (χ1) is 11.7. The molecule has 1 aromatic carbocycles. The van der Waals surface area contributed by atoms with E-state index in [4.69, 9.17) is 5.11 Å². The summed E-state index contributed by atoms with van der Waals surface area (Å²) in [4.78, 5) is 18.3. The molecular weight excluding hydrogens is 306 g/mol. The Kier molecular flexibility index (Phi) is 4.52. The van der Waals surface area contributed by atoms with Gasteiger partial charge in [-0.25, -0.2) is 4.68 Å². The Morgan fingerprint density at radius 3 is 2.92 bits per heavy atom. The van der Waals surface area contributed by atoms with Crippen molar-refractivity contribution in [3.63, 3.8) is 0 Å². The number of hydrogen-bond acceptors (Lipinski definition) is 5. The molecule has 1 N–H and O–H groups in total. The van der Waals surface area contributed by atoms with Crippen LogP contribution >= 0.6 is 0 Å². The van der Waals surface area contributed by atoms with Gasteiger partial charge in [-0.15, -0.1) is 5.10 Å². The van der Waals surface area contributed by atoms with E-state index in [9.17, 15) is 4.79 Å². The van der Waals surface area contributed by atoms with Gasteiger partial charge in [-0.3, -0.25) is 9.78 Å². The first kappa shape index (κ1) is 16.1. The van der Waals surface area contributed by atoms with Gasteiger partial charge in [-0.1, -0.05) is 17.3 Å². The molecule has 2 aromatic heterocycles. The van der Waals surface area contributed by atoms with Crippen LogP contribution in [0.2, 0.25) is 0 Å². The van der Waals surface area contributed by atoms with Crippen molar-refractivity contribution in [2.75, 3.05) is 19.7 Å². The molecule has 124 valence electrons. The number of likely N-dealkylation sites (N-methyl/N-ethyl adjacent to an activating group) is 1. The SMILES string of the molecule is CCN(CCO)C(=O)c1nnn(-c2cccc3cnccc23)c1C. The number of benzene rings is 1. The molecule has 0 spiro atoms. The number of carbonyl (C=O) groups excluding carboxylic acids is 1. The highest BCUT2D eigenvalue weighted by Gasteiger charge is 2.22. The summed E-state index contributed by atoms with van der Waals surface area (Å²) in [5.74, 6) is -0.225. The van der Waals surface area contributed by atoms with Crippen molar-refractivity contribution in [1.29, 1.82) is 0 Å². The number of aromatic nitrogens is 4. The maximum absolute atomic E-state index is 12.6. The second kappa shape index (κ2) is 6.76. The molecule has 3 rings (SSSR count). The standard InChI is InChI=1S/C17H19N5O2/c1-3-21(9-10-23)17(24)16-12(2)22(20-19-16)15-6-4-5-13-11-18-8-7-14(13)15/h4-8,11,23H,3,9-10H2,1-2H3. The van der Waals surface area contributed by atoms with Crippen molar-refractivity contribution in [1.82, 2.24) is 24.9 Å². The van der Waals surface area contributed by atoms with E-state index in [1.54, 1.807) is 22.0 Å². The number of amides is 1. The van der Waals surface area contributed by atoms with Gasteiger partial charge >= 0.3 is 0 Å². The third-order valence-corrected chi connectivity index (χ3v) is 4.02. The molecule has 7 heteroatoms. The summed E-state index contributed by atoms with van der Waals surface area (Å²) in [7, 11) is 0. The van der Waals surface area contributed by atoms with Gasteiger partial charge in [-0.05, 0) is 26.0 Å². The van der Waals surface area contributed by atoms with Crippen LogP contribution in [0.3, 0.4) is 0 Å². The van der Waals surface area contributed by atoms with Gasteiger partial charge < -0.3 is 10.0 Å². The summed E-state index contributed by atoms with van der Waals surface area (Å²) >= 11 is 0. The zero-order valence-corrected chi connectivity index (χ0v) is 13.7. The summed E-state index contributed by atoms with van der Waals surface area (Å²) in [5, 5.41) is 19.3. The van der Waals surface area contributed by atoms with E-state index in [0.29, 0.717) is 17.9 Å². The summed E-state index contributed by atoms with van der Waals surface area (Å²) in [6.07, 6.45) is 3.52. The topological polar surface area (TPSA) is 84.1 Å². The van der Waals surface area contributed by atoms with Gasteiger partial charge in [0, 0.05) is 36.3 Å². The van der Waals surface area contributed by atoms with Crippen molar-refractivity contribution in [3.05, 3.63) is 48.0 Å². The normalized spacial score (nSPS) is 11.0. The average Bonchev–Trinajstić information content (AvgIpc) is 3.00. The van der Waals surface area contributed by atoms with E-state index in [1.807, 2.05) is 38.1 Å². The monoisotopic (exact) mass is 325 g/mol. The minimum atomic E-state index is -0.225. The molecule has 0 saturated heterocycles. The van der Waals surface area contributed by atoms with Crippen LogP contribution in [0.15, 0.2) is 36.7 Å². The molecule has 0 radical (unpaired) electrons. The second-order valence-corrected chi connectivity index (χ2v) is 5.42. The number of fused-ring (bicyclic) bond motifs is 1. The van der Waals surface area contributed by atoms with Crippen LogP contribution in [0.4, 0.5) is 0 Å². The molecule has 24 heavy (non-hydrogen) atoms. The lowest BCUT2D eigenvalue weighted by Crippen LogP contribution is -2.34. The van der Waals surface area contributed by atoms with Crippen molar-refractivity contribution < 1.29 is 9.90 Å². The van der Waals surface area contributed by atoms with Crippen LogP contribution in [0.25, 0.3) is 16.5 Å². The first-order valence-corrected chi connectivity index (χ1v) is 7.83. The van der Waals surface area contributed by atoms with E-state index in [0.717, 1.165) is 16.5 Å². The Bertz CT molecular complexity index is 869. The summed E-state index contributed by atoms with van der Waals surface area (Å²) in [6.45, 7) is 4.39. The molecule has 0 aliphatic rings. The summed E-state index contributed by atoms with van der Waals surface area (Å²) < 4.78 is 1.67. The Morgan fingerprint density at radius 2 is 2.17 bits per heavy atom. The fourth-order valence-electron chi connectivity index (χ4n) is 2.72. The lowest BCUT2D eigenvalue weighted by Gasteiger charge is -2.18.